The minimum Gasteiger partial charge on any atom is -0.507 e. The highest BCUT2D eigenvalue weighted by atomic mass is 79.9. The monoisotopic (exact) mass is 470 g/mol. The molecule has 1 heterocycles. The molecular formula is C22H15BrO7. The standard InChI is InChI=1S/C22H15BrO7/c23-13-4-1-11(2-5-13)10-29-14-8-17(26)19-18(9-14)30-22(21(28)20(19)27)12-3-6-15(24)16(25)7-12/h1-9,24-26,28H,10H2. The zero-order chi connectivity index (χ0) is 21.4. The minimum atomic E-state index is -0.837. The van der Waals surface area contributed by atoms with Crippen LogP contribution in [0.3, 0.4) is 0 Å². The van der Waals surface area contributed by atoms with Crippen LogP contribution in [0.25, 0.3) is 22.3 Å². The van der Waals surface area contributed by atoms with Crippen molar-refractivity contribution in [3.8, 4) is 40.1 Å². The topological polar surface area (TPSA) is 120 Å². The third-order valence-corrected chi connectivity index (χ3v) is 5.01. The second-order valence-corrected chi connectivity index (χ2v) is 7.46. The van der Waals surface area contributed by atoms with Crippen molar-refractivity contribution < 1.29 is 29.6 Å². The van der Waals surface area contributed by atoms with Crippen LogP contribution in [0.5, 0.6) is 28.7 Å². The smallest absolute Gasteiger partial charge is 0.238 e. The van der Waals surface area contributed by atoms with Gasteiger partial charge in [-0.25, -0.2) is 0 Å². The molecule has 152 valence electrons. The fourth-order valence-electron chi connectivity index (χ4n) is 2.96. The van der Waals surface area contributed by atoms with E-state index in [0.717, 1.165) is 16.1 Å². The lowest BCUT2D eigenvalue weighted by Gasteiger charge is -2.11. The van der Waals surface area contributed by atoms with Gasteiger partial charge in [-0.15, -0.1) is 0 Å². The molecule has 4 N–H and O–H groups in total. The van der Waals surface area contributed by atoms with Gasteiger partial charge in [-0.05, 0) is 35.9 Å². The van der Waals surface area contributed by atoms with Gasteiger partial charge in [-0.2, -0.15) is 0 Å². The molecule has 0 bridgehead atoms. The van der Waals surface area contributed by atoms with Crippen LogP contribution in [0.4, 0.5) is 0 Å². The number of rotatable bonds is 4. The van der Waals surface area contributed by atoms with Gasteiger partial charge in [0, 0.05) is 22.2 Å². The Balaban J connectivity index is 1.77. The van der Waals surface area contributed by atoms with Gasteiger partial charge in [0.05, 0.1) is 0 Å². The normalized spacial score (nSPS) is 11.0. The summed E-state index contributed by atoms with van der Waals surface area (Å²) in [6.07, 6.45) is 0. The molecule has 0 aliphatic rings. The first-order chi connectivity index (χ1) is 14.3. The van der Waals surface area contributed by atoms with Crippen molar-refractivity contribution in [2.24, 2.45) is 0 Å². The third kappa shape index (κ3) is 3.65. The summed E-state index contributed by atoms with van der Waals surface area (Å²) in [5, 5.41) is 39.6. The molecule has 4 rings (SSSR count). The SMILES string of the molecule is O=c1c(O)c(-c2ccc(O)c(O)c2)oc2cc(OCc3ccc(Br)cc3)cc(O)c12. The summed E-state index contributed by atoms with van der Waals surface area (Å²) in [6, 6.07) is 13.9. The number of fused-ring (bicyclic) bond motifs is 1. The van der Waals surface area contributed by atoms with Gasteiger partial charge in [-0.1, -0.05) is 28.1 Å². The number of aromatic hydroxyl groups is 4. The van der Waals surface area contributed by atoms with E-state index < -0.39 is 22.7 Å². The van der Waals surface area contributed by atoms with Crippen LogP contribution in [0.15, 0.2) is 68.3 Å². The molecule has 0 aliphatic carbocycles. The number of benzene rings is 3. The molecule has 30 heavy (non-hydrogen) atoms. The predicted octanol–water partition coefficient (Wildman–Crippen LogP) is 4.62. The van der Waals surface area contributed by atoms with E-state index >= 15 is 0 Å². The summed E-state index contributed by atoms with van der Waals surface area (Å²) in [4.78, 5) is 12.6. The zero-order valence-corrected chi connectivity index (χ0v) is 16.9. The van der Waals surface area contributed by atoms with Crippen LogP contribution in [0, 0.1) is 0 Å². The van der Waals surface area contributed by atoms with E-state index in [9.17, 15) is 25.2 Å². The van der Waals surface area contributed by atoms with Crippen LogP contribution in [-0.4, -0.2) is 20.4 Å². The quantitative estimate of drug-likeness (QED) is 0.321. The van der Waals surface area contributed by atoms with Crippen molar-refractivity contribution in [2.75, 3.05) is 0 Å². The first kappa shape index (κ1) is 19.7. The molecule has 0 radical (unpaired) electrons. The van der Waals surface area contributed by atoms with Gasteiger partial charge >= 0.3 is 0 Å². The van der Waals surface area contributed by atoms with Crippen LogP contribution < -0.4 is 10.2 Å². The van der Waals surface area contributed by atoms with E-state index in [1.54, 1.807) is 0 Å². The maximum absolute atomic E-state index is 12.6. The molecule has 0 aliphatic heterocycles. The fourth-order valence-corrected chi connectivity index (χ4v) is 3.22. The van der Waals surface area contributed by atoms with Crippen LogP contribution in [-0.2, 0) is 6.61 Å². The third-order valence-electron chi connectivity index (χ3n) is 4.48. The largest absolute Gasteiger partial charge is 0.507 e. The average molecular weight is 471 g/mol. The predicted molar refractivity (Wildman–Crippen MR) is 113 cm³/mol. The van der Waals surface area contributed by atoms with Gasteiger partial charge in [0.2, 0.25) is 11.2 Å². The fraction of sp³-hybridized carbons (Fsp3) is 0.0455. The lowest BCUT2D eigenvalue weighted by atomic mass is 10.1. The summed E-state index contributed by atoms with van der Waals surface area (Å²) < 4.78 is 12.3. The molecule has 1 aromatic heterocycles. The van der Waals surface area contributed by atoms with E-state index in [1.165, 1.54) is 24.3 Å². The van der Waals surface area contributed by atoms with E-state index in [1.807, 2.05) is 24.3 Å². The summed E-state index contributed by atoms with van der Waals surface area (Å²) in [5.41, 5.74) is 0.217. The van der Waals surface area contributed by atoms with Gasteiger partial charge in [-0.3, -0.25) is 4.79 Å². The van der Waals surface area contributed by atoms with Crippen molar-refractivity contribution >= 4 is 26.9 Å². The number of hydrogen-bond donors (Lipinski definition) is 4. The highest BCUT2D eigenvalue weighted by Gasteiger charge is 2.20. The molecule has 0 unspecified atom stereocenters. The number of halogens is 1. The molecule has 3 aromatic carbocycles. The molecule has 0 saturated carbocycles. The Bertz CT molecular complexity index is 1310. The van der Waals surface area contributed by atoms with Gasteiger partial charge in [0.15, 0.2) is 17.3 Å². The Kier molecular flexibility index (Phi) is 5.01. The average Bonchev–Trinajstić information content (AvgIpc) is 2.72. The Morgan fingerprint density at radius 1 is 0.867 bits per heavy atom. The van der Waals surface area contributed by atoms with E-state index in [2.05, 4.69) is 15.9 Å². The minimum absolute atomic E-state index is 0.00818. The van der Waals surface area contributed by atoms with Crippen LogP contribution in [0.1, 0.15) is 5.56 Å². The maximum Gasteiger partial charge on any atom is 0.238 e. The second-order valence-electron chi connectivity index (χ2n) is 6.54. The molecule has 0 saturated heterocycles. The van der Waals surface area contributed by atoms with E-state index in [4.69, 9.17) is 9.15 Å². The van der Waals surface area contributed by atoms with Crippen LogP contribution in [0.2, 0.25) is 0 Å². The first-order valence-corrected chi connectivity index (χ1v) is 9.55. The summed E-state index contributed by atoms with van der Waals surface area (Å²) in [7, 11) is 0. The first-order valence-electron chi connectivity index (χ1n) is 8.76. The van der Waals surface area contributed by atoms with Crippen molar-refractivity contribution in [2.45, 2.75) is 6.61 Å². The Morgan fingerprint density at radius 2 is 1.60 bits per heavy atom. The summed E-state index contributed by atoms with van der Waals surface area (Å²) >= 11 is 3.36. The van der Waals surface area contributed by atoms with Crippen molar-refractivity contribution in [1.82, 2.24) is 0 Å². The molecular weight excluding hydrogens is 456 g/mol. The maximum atomic E-state index is 12.6. The lowest BCUT2D eigenvalue weighted by molar-refractivity contribution is 0.304. The number of hydrogen-bond acceptors (Lipinski definition) is 7. The number of phenols is 3. The van der Waals surface area contributed by atoms with E-state index in [0.29, 0.717) is 0 Å². The van der Waals surface area contributed by atoms with Crippen molar-refractivity contribution in [1.29, 1.82) is 0 Å². The summed E-state index contributed by atoms with van der Waals surface area (Å²) in [6.45, 7) is 0.221. The number of ether oxygens (including phenoxy) is 1. The molecule has 0 spiro atoms. The highest BCUT2D eigenvalue weighted by Crippen LogP contribution is 2.38. The van der Waals surface area contributed by atoms with Crippen LogP contribution >= 0.6 is 15.9 Å². The Hall–Kier alpha value is -3.65. The highest BCUT2D eigenvalue weighted by molar-refractivity contribution is 9.10. The molecule has 7 nitrogen and oxygen atoms in total. The molecule has 0 atom stereocenters. The van der Waals surface area contributed by atoms with Crippen molar-refractivity contribution in [3.05, 3.63) is 74.9 Å². The Labute approximate surface area is 178 Å². The van der Waals surface area contributed by atoms with Gasteiger partial charge in [0.25, 0.3) is 0 Å². The lowest BCUT2D eigenvalue weighted by Crippen LogP contribution is -2.04. The molecule has 0 amide bonds. The second kappa shape index (κ2) is 7.64. The van der Waals surface area contributed by atoms with Gasteiger partial charge in [0.1, 0.15) is 29.1 Å². The van der Waals surface area contributed by atoms with E-state index in [-0.39, 0.29) is 40.4 Å². The molecule has 4 aromatic rings. The summed E-state index contributed by atoms with van der Waals surface area (Å²) in [5.74, 6) is -1.89. The van der Waals surface area contributed by atoms with Crippen molar-refractivity contribution in [3.63, 3.8) is 0 Å². The molecule has 8 heteroatoms. The zero-order valence-electron chi connectivity index (χ0n) is 15.3. The molecule has 0 fully saturated rings. The Morgan fingerprint density at radius 3 is 2.30 bits per heavy atom. The number of phenolic OH excluding ortho intramolecular Hbond substituents is 3. The van der Waals surface area contributed by atoms with Gasteiger partial charge < -0.3 is 29.6 Å².